The highest BCUT2D eigenvalue weighted by atomic mass is 16.5. The molecule has 3 heteroatoms. The van der Waals surface area contributed by atoms with Crippen LogP contribution in [0.1, 0.15) is 45.1 Å². The van der Waals surface area contributed by atoms with Gasteiger partial charge in [0.15, 0.2) is 0 Å². The Morgan fingerprint density at radius 2 is 1.95 bits per heavy atom. The molecule has 3 nitrogen and oxygen atoms in total. The van der Waals surface area contributed by atoms with E-state index >= 15 is 0 Å². The number of benzene rings is 1. The van der Waals surface area contributed by atoms with Crippen molar-refractivity contribution in [3.05, 3.63) is 35.9 Å². The van der Waals surface area contributed by atoms with Crippen molar-refractivity contribution in [2.75, 3.05) is 13.2 Å². The number of carbonyl (C=O) groups excluding carboxylic acids is 1. The Morgan fingerprint density at radius 3 is 2.53 bits per heavy atom. The van der Waals surface area contributed by atoms with Gasteiger partial charge in [0, 0.05) is 0 Å². The van der Waals surface area contributed by atoms with E-state index in [2.05, 4.69) is 36.5 Å². The molecule has 0 aliphatic rings. The zero-order chi connectivity index (χ0) is 14.1. The standard InChI is InChI=1S/C16H25NO2/c1-4-15(16(18)19-5-2)17-12-11-13(3)14-9-7-6-8-10-14/h6-10,13,15,17H,4-5,11-12H2,1-3H3. The summed E-state index contributed by atoms with van der Waals surface area (Å²) in [5, 5.41) is 3.28. The van der Waals surface area contributed by atoms with Gasteiger partial charge >= 0.3 is 5.97 Å². The summed E-state index contributed by atoms with van der Waals surface area (Å²) in [7, 11) is 0. The van der Waals surface area contributed by atoms with Crippen LogP contribution in [0.2, 0.25) is 0 Å². The van der Waals surface area contributed by atoms with Crippen LogP contribution in [0.5, 0.6) is 0 Å². The molecule has 0 aliphatic heterocycles. The molecular formula is C16H25NO2. The largest absolute Gasteiger partial charge is 0.465 e. The maximum atomic E-state index is 11.6. The second kappa shape index (κ2) is 8.70. The first-order valence-corrected chi connectivity index (χ1v) is 7.14. The van der Waals surface area contributed by atoms with E-state index in [0.29, 0.717) is 12.5 Å². The highest BCUT2D eigenvalue weighted by molar-refractivity contribution is 5.75. The Kier molecular flexibility index (Phi) is 7.19. The first-order chi connectivity index (χ1) is 9.19. The summed E-state index contributed by atoms with van der Waals surface area (Å²) in [6.07, 6.45) is 1.78. The molecule has 1 aromatic carbocycles. The molecule has 0 spiro atoms. The van der Waals surface area contributed by atoms with Crippen LogP contribution in [-0.2, 0) is 9.53 Å². The van der Waals surface area contributed by atoms with Gasteiger partial charge in [0.1, 0.15) is 6.04 Å². The molecule has 2 atom stereocenters. The van der Waals surface area contributed by atoms with Gasteiger partial charge in [-0.05, 0) is 37.8 Å². The molecule has 19 heavy (non-hydrogen) atoms. The van der Waals surface area contributed by atoms with Gasteiger partial charge in [-0.3, -0.25) is 4.79 Å². The molecule has 0 heterocycles. The Balaban J connectivity index is 2.34. The quantitative estimate of drug-likeness (QED) is 0.732. The van der Waals surface area contributed by atoms with Gasteiger partial charge in [0.25, 0.3) is 0 Å². The second-order valence-corrected chi connectivity index (χ2v) is 4.77. The third-order valence-corrected chi connectivity index (χ3v) is 3.32. The van der Waals surface area contributed by atoms with E-state index in [1.54, 1.807) is 0 Å². The summed E-state index contributed by atoms with van der Waals surface area (Å²) in [6.45, 7) is 7.31. The molecule has 0 bridgehead atoms. The molecule has 0 saturated heterocycles. The lowest BCUT2D eigenvalue weighted by Crippen LogP contribution is -2.38. The van der Waals surface area contributed by atoms with E-state index < -0.39 is 0 Å². The predicted molar refractivity (Wildman–Crippen MR) is 78.2 cm³/mol. The molecule has 1 N–H and O–H groups in total. The molecule has 0 saturated carbocycles. The molecule has 1 rings (SSSR count). The van der Waals surface area contributed by atoms with Crippen LogP contribution in [0.4, 0.5) is 0 Å². The van der Waals surface area contributed by atoms with Crippen LogP contribution in [0.25, 0.3) is 0 Å². The summed E-state index contributed by atoms with van der Waals surface area (Å²) in [5.41, 5.74) is 1.34. The van der Waals surface area contributed by atoms with Crippen molar-refractivity contribution in [2.24, 2.45) is 0 Å². The molecule has 0 amide bonds. The molecule has 0 aliphatic carbocycles. The van der Waals surface area contributed by atoms with E-state index in [1.165, 1.54) is 5.56 Å². The molecule has 1 aromatic rings. The van der Waals surface area contributed by atoms with Crippen LogP contribution in [-0.4, -0.2) is 25.2 Å². The molecule has 2 unspecified atom stereocenters. The van der Waals surface area contributed by atoms with Crippen molar-refractivity contribution in [3.63, 3.8) is 0 Å². The number of rotatable bonds is 8. The lowest BCUT2D eigenvalue weighted by atomic mass is 9.98. The SMILES string of the molecule is CCOC(=O)C(CC)NCCC(C)c1ccccc1. The molecular weight excluding hydrogens is 238 g/mol. The summed E-state index contributed by atoms with van der Waals surface area (Å²) >= 11 is 0. The summed E-state index contributed by atoms with van der Waals surface area (Å²) in [4.78, 5) is 11.6. The van der Waals surface area contributed by atoms with E-state index in [9.17, 15) is 4.79 Å². The van der Waals surface area contributed by atoms with Gasteiger partial charge in [0.05, 0.1) is 6.61 Å². The smallest absolute Gasteiger partial charge is 0.323 e. The average molecular weight is 263 g/mol. The van der Waals surface area contributed by atoms with Gasteiger partial charge < -0.3 is 10.1 Å². The Bertz CT molecular complexity index is 364. The number of hydrogen-bond donors (Lipinski definition) is 1. The minimum absolute atomic E-state index is 0.141. The molecule has 0 fully saturated rings. The number of hydrogen-bond acceptors (Lipinski definition) is 3. The first-order valence-electron chi connectivity index (χ1n) is 7.14. The zero-order valence-electron chi connectivity index (χ0n) is 12.2. The summed E-state index contributed by atoms with van der Waals surface area (Å²) in [5.74, 6) is 0.353. The van der Waals surface area contributed by atoms with Crippen LogP contribution in [0, 0.1) is 0 Å². The first kappa shape index (κ1) is 15.7. The van der Waals surface area contributed by atoms with Crippen LogP contribution >= 0.6 is 0 Å². The highest BCUT2D eigenvalue weighted by Crippen LogP contribution is 2.17. The maximum Gasteiger partial charge on any atom is 0.323 e. The zero-order valence-corrected chi connectivity index (χ0v) is 12.2. The van der Waals surface area contributed by atoms with E-state index in [1.807, 2.05) is 19.9 Å². The summed E-state index contributed by atoms with van der Waals surface area (Å²) in [6, 6.07) is 10.3. The highest BCUT2D eigenvalue weighted by Gasteiger charge is 2.16. The summed E-state index contributed by atoms with van der Waals surface area (Å²) < 4.78 is 5.04. The molecule has 106 valence electrons. The van der Waals surface area contributed by atoms with E-state index in [0.717, 1.165) is 19.4 Å². The van der Waals surface area contributed by atoms with Crippen molar-refractivity contribution in [2.45, 2.75) is 45.6 Å². The van der Waals surface area contributed by atoms with Gasteiger partial charge in [0.2, 0.25) is 0 Å². The normalized spacial score (nSPS) is 13.8. The van der Waals surface area contributed by atoms with Crippen LogP contribution in [0.3, 0.4) is 0 Å². The van der Waals surface area contributed by atoms with Crippen LogP contribution < -0.4 is 5.32 Å². The fourth-order valence-electron chi connectivity index (χ4n) is 2.06. The Morgan fingerprint density at radius 1 is 1.26 bits per heavy atom. The van der Waals surface area contributed by atoms with Gasteiger partial charge in [-0.2, -0.15) is 0 Å². The van der Waals surface area contributed by atoms with Gasteiger partial charge in [-0.1, -0.05) is 44.2 Å². The fourth-order valence-corrected chi connectivity index (χ4v) is 2.06. The van der Waals surface area contributed by atoms with E-state index in [-0.39, 0.29) is 12.0 Å². The second-order valence-electron chi connectivity index (χ2n) is 4.77. The predicted octanol–water partition coefficient (Wildman–Crippen LogP) is 3.11. The monoisotopic (exact) mass is 263 g/mol. The average Bonchev–Trinajstić information content (AvgIpc) is 2.44. The van der Waals surface area contributed by atoms with Crippen LogP contribution in [0.15, 0.2) is 30.3 Å². The van der Waals surface area contributed by atoms with Crippen molar-refractivity contribution in [3.8, 4) is 0 Å². The number of carbonyl (C=O) groups is 1. The third-order valence-electron chi connectivity index (χ3n) is 3.32. The number of esters is 1. The molecule has 0 aromatic heterocycles. The lowest BCUT2D eigenvalue weighted by molar-refractivity contribution is -0.145. The Labute approximate surface area is 116 Å². The van der Waals surface area contributed by atoms with Crippen molar-refractivity contribution >= 4 is 5.97 Å². The molecule has 0 radical (unpaired) electrons. The Hall–Kier alpha value is -1.35. The van der Waals surface area contributed by atoms with E-state index in [4.69, 9.17) is 4.74 Å². The maximum absolute atomic E-state index is 11.6. The topological polar surface area (TPSA) is 38.3 Å². The van der Waals surface area contributed by atoms with Crippen molar-refractivity contribution in [1.29, 1.82) is 0 Å². The lowest BCUT2D eigenvalue weighted by Gasteiger charge is -2.17. The van der Waals surface area contributed by atoms with Gasteiger partial charge in [-0.25, -0.2) is 0 Å². The number of ether oxygens (including phenoxy) is 1. The van der Waals surface area contributed by atoms with Crippen molar-refractivity contribution < 1.29 is 9.53 Å². The third kappa shape index (κ3) is 5.43. The minimum atomic E-state index is -0.178. The number of nitrogens with one attached hydrogen (secondary N) is 1. The minimum Gasteiger partial charge on any atom is -0.465 e. The van der Waals surface area contributed by atoms with Crippen molar-refractivity contribution in [1.82, 2.24) is 5.32 Å². The van der Waals surface area contributed by atoms with Gasteiger partial charge in [-0.15, -0.1) is 0 Å². The fraction of sp³-hybridized carbons (Fsp3) is 0.562.